The predicted octanol–water partition coefficient (Wildman–Crippen LogP) is 3.78. The molecule has 2 heteroatoms. The Morgan fingerprint density at radius 3 is 2.53 bits per heavy atom. The van der Waals surface area contributed by atoms with Crippen molar-refractivity contribution in [3.05, 3.63) is 41.5 Å². The molecule has 0 bridgehead atoms. The molecule has 94 valence electrons. The lowest BCUT2D eigenvalue weighted by Gasteiger charge is -2.18. The van der Waals surface area contributed by atoms with Crippen LogP contribution in [0.1, 0.15) is 50.3 Å². The van der Waals surface area contributed by atoms with Crippen LogP contribution in [0, 0.1) is 0 Å². The quantitative estimate of drug-likeness (QED) is 0.785. The van der Waals surface area contributed by atoms with Crippen LogP contribution in [0.3, 0.4) is 0 Å². The molecule has 2 N–H and O–H groups in total. The van der Waals surface area contributed by atoms with Crippen LogP contribution in [-0.4, -0.2) is 7.11 Å². The van der Waals surface area contributed by atoms with Gasteiger partial charge in [0.25, 0.3) is 0 Å². The first-order valence-electron chi connectivity index (χ1n) is 6.03. The average molecular weight is 233 g/mol. The molecule has 0 amide bonds. The summed E-state index contributed by atoms with van der Waals surface area (Å²) >= 11 is 0. The zero-order chi connectivity index (χ0) is 13.0. The summed E-state index contributed by atoms with van der Waals surface area (Å²) in [5.74, 6) is 1.36. The second kappa shape index (κ2) is 5.87. The molecule has 1 rings (SSSR count). The first-order valence-corrected chi connectivity index (χ1v) is 6.03. The SMILES string of the molecule is C=C(C)C[C@@H](N)c1cc(C(C)C)ccc1OC. The molecule has 0 fully saturated rings. The number of benzene rings is 1. The number of hydrogen-bond donors (Lipinski definition) is 1. The van der Waals surface area contributed by atoms with E-state index in [0.29, 0.717) is 5.92 Å². The fourth-order valence-corrected chi connectivity index (χ4v) is 1.89. The van der Waals surface area contributed by atoms with Crippen molar-refractivity contribution in [2.75, 3.05) is 7.11 Å². The zero-order valence-electron chi connectivity index (χ0n) is 11.3. The van der Waals surface area contributed by atoms with Gasteiger partial charge < -0.3 is 10.5 Å². The molecule has 0 spiro atoms. The highest BCUT2D eigenvalue weighted by molar-refractivity contribution is 5.40. The van der Waals surface area contributed by atoms with Crippen molar-refractivity contribution in [3.8, 4) is 5.75 Å². The summed E-state index contributed by atoms with van der Waals surface area (Å²) < 4.78 is 5.37. The fourth-order valence-electron chi connectivity index (χ4n) is 1.89. The van der Waals surface area contributed by atoms with Gasteiger partial charge in [-0.3, -0.25) is 0 Å². The lowest BCUT2D eigenvalue weighted by molar-refractivity contribution is 0.405. The average Bonchev–Trinajstić information content (AvgIpc) is 2.27. The van der Waals surface area contributed by atoms with Crippen molar-refractivity contribution >= 4 is 0 Å². The summed E-state index contributed by atoms with van der Waals surface area (Å²) in [4.78, 5) is 0. The van der Waals surface area contributed by atoms with E-state index in [1.54, 1.807) is 7.11 Å². The van der Waals surface area contributed by atoms with E-state index < -0.39 is 0 Å². The number of hydrogen-bond acceptors (Lipinski definition) is 2. The van der Waals surface area contributed by atoms with E-state index in [9.17, 15) is 0 Å². The second-order valence-corrected chi connectivity index (χ2v) is 4.92. The highest BCUT2D eigenvalue weighted by atomic mass is 16.5. The first kappa shape index (κ1) is 13.8. The Morgan fingerprint density at radius 1 is 1.41 bits per heavy atom. The van der Waals surface area contributed by atoms with E-state index in [0.717, 1.165) is 23.3 Å². The monoisotopic (exact) mass is 233 g/mol. The van der Waals surface area contributed by atoms with Crippen molar-refractivity contribution < 1.29 is 4.74 Å². The minimum absolute atomic E-state index is 0.0406. The third kappa shape index (κ3) is 3.60. The summed E-state index contributed by atoms with van der Waals surface area (Å²) in [6.45, 7) is 10.3. The molecule has 17 heavy (non-hydrogen) atoms. The number of methoxy groups -OCH3 is 1. The third-order valence-electron chi connectivity index (χ3n) is 2.89. The van der Waals surface area contributed by atoms with Gasteiger partial charge in [-0.05, 0) is 30.9 Å². The molecule has 2 nitrogen and oxygen atoms in total. The van der Waals surface area contributed by atoms with Gasteiger partial charge in [0, 0.05) is 11.6 Å². The van der Waals surface area contributed by atoms with Crippen molar-refractivity contribution in [2.45, 2.75) is 39.2 Å². The smallest absolute Gasteiger partial charge is 0.123 e. The lowest BCUT2D eigenvalue weighted by atomic mass is 9.94. The molecule has 1 aromatic rings. The van der Waals surface area contributed by atoms with Crippen LogP contribution in [0.5, 0.6) is 5.75 Å². The highest BCUT2D eigenvalue weighted by Crippen LogP contribution is 2.30. The molecule has 0 aliphatic rings. The minimum Gasteiger partial charge on any atom is -0.496 e. The largest absolute Gasteiger partial charge is 0.496 e. The van der Waals surface area contributed by atoms with Crippen molar-refractivity contribution in [1.82, 2.24) is 0 Å². The van der Waals surface area contributed by atoms with Gasteiger partial charge in [0.15, 0.2) is 0 Å². The molecule has 0 radical (unpaired) electrons. The molecule has 0 saturated heterocycles. The van der Waals surface area contributed by atoms with Gasteiger partial charge in [0.2, 0.25) is 0 Å². The van der Waals surface area contributed by atoms with Gasteiger partial charge in [-0.1, -0.05) is 31.6 Å². The molecular formula is C15H23NO. The van der Waals surface area contributed by atoms with Gasteiger partial charge in [-0.2, -0.15) is 0 Å². The third-order valence-corrected chi connectivity index (χ3v) is 2.89. The molecule has 0 saturated carbocycles. The predicted molar refractivity (Wildman–Crippen MR) is 73.4 cm³/mol. The summed E-state index contributed by atoms with van der Waals surface area (Å²) in [5.41, 5.74) is 9.65. The summed E-state index contributed by atoms with van der Waals surface area (Å²) in [7, 11) is 1.68. The van der Waals surface area contributed by atoms with Crippen molar-refractivity contribution in [2.24, 2.45) is 5.73 Å². The Labute approximate surface area is 104 Å². The Bertz CT molecular complexity index is 396. The van der Waals surface area contributed by atoms with E-state index in [4.69, 9.17) is 10.5 Å². The maximum atomic E-state index is 6.20. The zero-order valence-corrected chi connectivity index (χ0v) is 11.3. The van der Waals surface area contributed by atoms with E-state index in [2.05, 4.69) is 32.6 Å². The maximum Gasteiger partial charge on any atom is 0.123 e. The standard InChI is InChI=1S/C15H23NO/c1-10(2)8-14(16)13-9-12(11(3)4)6-7-15(13)17-5/h6-7,9,11,14H,1,8,16H2,2-5H3/t14-/m1/s1. The fraction of sp³-hybridized carbons (Fsp3) is 0.467. The molecule has 0 heterocycles. The lowest BCUT2D eigenvalue weighted by Crippen LogP contribution is -2.12. The maximum absolute atomic E-state index is 6.20. The summed E-state index contributed by atoms with van der Waals surface area (Å²) in [6.07, 6.45) is 0.790. The van der Waals surface area contributed by atoms with Gasteiger partial charge >= 0.3 is 0 Å². The molecule has 1 aromatic carbocycles. The van der Waals surface area contributed by atoms with Crippen molar-refractivity contribution in [3.63, 3.8) is 0 Å². The van der Waals surface area contributed by atoms with Crippen LogP contribution >= 0.6 is 0 Å². The summed E-state index contributed by atoms with van der Waals surface area (Å²) in [5, 5.41) is 0. The normalized spacial score (nSPS) is 12.6. The van der Waals surface area contributed by atoms with Gasteiger partial charge in [-0.15, -0.1) is 6.58 Å². The Balaban J connectivity index is 3.09. The van der Waals surface area contributed by atoms with Crippen LogP contribution in [0.15, 0.2) is 30.4 Å². The Hall–Kier alpha value is -1.28. The molecule has 1 atom stereocenters. The van der Waals surface area contributed by atoms with Crippen LogP contribution in [0.25, 0.3) is 0 Å². The minimum atomic E-state index is -0.0406. The van der Waals surface area contributed by atoms with E-state index in [-0.39, 0.29) is 6.04 Å². The molecule has 0 unspecified atom stereocenters. The van der Waals surface area contributed by atoms with Crippen LogP contribution < -0.4 is 10.5 Å². The molecular weight excluding hydrogens is 210 g/mol. The van der Waals surface area contributed by atoms with E-state index in [1.165, 1.54) is 5.56 Å². The topological polar surface area (TPSA) is 35.2 Å². The molecule has 0 aromatic heterocycles. The van der Waals surface area contributed by atoms with Gasteiger partial charge in [-0.25, -0.2) is 0 Å². The van der Waals surface area contributed by atoms with E-state index >= 15 is 0 Å². The van der Waals surface area contributed by atoms with Gasteiger partial charge in [0.1, 0.15) is 5.75 Å². The van der Waals surface area contributed by atoms with Gasteiger partial charge in [0.05, 0.1) is 7.11 Å². The molecule has 0 aliphatic carbocycles. The summed E-state index contributed by atoms with van der Waals surface area (Å²) in [6, 6.07) is 6.21. The first-order chi connectivity index (χ1) is 7.95. The number of ether oxygens (including phenoxy) is 1. The van der Waals surface area contributed by atoms with Crippen LogP contribution in [-0.2, 0) is 0 Å². The highest BCUT2D eigenvalue weighted by Gasteiger charge is 2.13. The number of rotatable bonds is 5. The molecule has 0 aliphatic heterocycles. The van der Waals surface area contributed by atoms with E-state index in [1.807, 2.05) is 13.0 Å². The van der Waals surface area contributed by atoms with Crippen molar-refractivity contribution in [1.29, 1.82) is 0 Å². The van der Waals surface area contributed by atoms with Crippen LogP contribution in [0.4, 0.5) is 0 Å². The second-order valence-electron chi connectivity index (χ2n) is 4.92. The Kier molecular flexibility index (Phi) is 4.76. The number of nitrogens with two attached hydrogens (primary N) is 1. The Morgan fingerprint density at radius 2 is 2.06 bits per heavy atom. The van der Waals surface area contributed by atoms with Crippen LogP contribution in [0.2, 0.25) is 0 Å².